The molecule has 0 aliphatic heterocycles. The molecule has 84 valence electrons. The van der Waals surface area contributed by atoms with Crippen LogP contribution in [0.25, 0.3) is 0 Å². The van der Waals surface area contributed by atoms with Crippen LogP contribution in [0.2, 0.25) is 0 Å². The molecule has 2 nitrogen and oxygen atoms in total. The maximum absolute atomic E-state index is 12.0. The number of carbonyl (C=O) groups excluding carboxylic acids is 1. The van der Waals surface area contributed by atoms with Gasteiger partial charge in [0.05, 0.1) is 5.69 Å². The summed E-state index contributed by atoms with van der Waals surface area (Å²) in [6, 6.07) is 7.86. The van der Waals surface area contributed by atoms with Crippen LogP contribution in [-0.4, -0.2) is 5.91 Å². The summed E-state index contributed by atoms with van der Waals surface area (Å²) < 4.78 is 1.08. The molecular formula is C13H14INO. The molecule has 16 heavy (non-hydrogen) atoms. The number of allylic oxidation sites excluding steroid dienone is 2. The summed E-state index contributed by atoms with van der Waals surface area (Å²) in [5.74, 6) is 0.287. The first-order chi connectivity index (χ1) is 7.77. The van der Waals surface area contributed by atoms with Crippen LogP contribution in [0.15, 0.2) is 36.4 Å². The largest absolute Gasteiger partial charge is 0.325 e. The van der Waals surface area contributed by atoms with E-state index in [9.17, 15) is 4.79 Å². The van der Waals surface area contributed by atoms with Crippen molar-refractivity contribution < 1.29 is 4.79 Å². The van der Waals surface area contributed by atoms with Gasteiger partial charge >= 0.3 is 0 Å². The number of nitrogens with one attached hydrogen (secondary N) is 1. The van der Waals surface area contributed by atoms with E-state index in [1.807, 2.05) is 24.3 Å². The van der Waals surface area contributed by atoms with Crippen LogP contribution in [-0.2, 0) is 4.79 Å². The zero-order valence-corrected chi connectivity index (χ0v) is 11.1. The lowest BCUT2D eigenvalue weighted by Crippen LogP contribution is -2.23. The predicted molar refractivity (Wildman–Crippen MR) is 74.3 cm³/mol. The number of benzene rings is 1. The number of hydrogen-bond acceptors (Lipinski definition) is 1. The Kier molecular flexibility index (Phi) is 3.98. The molecule has 1 atom stereocenters. The van der Waals surface area contributed by atoms with Gasteiger partial charge in [0, 0.05) is 9.49 Å². The Balaban J connectivity index is 2.02. The molecule has 0 aromatic heterocycles. The molecule has 1 unspecified atom stereocenters. The predicted octanol–water partition coefficient (Wildman–Crippen LogP) is 3.59. The fourth-order valence-electron chi connectivity index (χ4n) is 1.83. The minimum Gasteiger partial charge on any atom is -0.325 e. The SMILES string of the molecule is O=C(Nc1ccccc1I)C1CC=CCC1. The number of halogens is 1. The van der Waals surface area contributed by atoms with E-state index < -0.39 is 0 Å². The zero-order valence-electron chi connectivity index (χ0n) is 8.95. The molecule has 0 radical (unpaired) electrons. The van der Waals surface area contributed by atoms with E-state index in [1.165, 1.54) is 0 Å². The second-order valence-electron chi connectivity index (χ2n) is 3.95. The third-order valence-electron chi connectivity index (χ3n) is 2.77. The molecule has 0 heterocycles. The summed E-state index contributed by atoms with van der Waals surface area (Å²) >= 11 is 2.24. The molecule has 0 bridgehead atoms. The molecule has 0 saturated carbocycles. The Morgan fingerprint density at radius 3 is 2.81 bits per heavy atom. The molecule has 0 spiro atoms. The van der Waals surface area contributed by atoms with Crippen molar-refractivity contribution in [3.63, 3.8) is 0 Å². The zero-order chi connectivity index (χ0) is 11.4. The van der Waals surface area contributed by atoms with Crippen molar-refractivity contribution in [2.45, 2.75) is 19.3 Å². The van der Waals surface area contributed by atoms with Gasteiger partial charge in [0.15, 0.2) is 0 Å². The standard InChI is InChI=1S/C13H14INO/c14-11-8-4-5-9-12(11)15-13(16)10-6-2-1-3-7-10/h1-2,4-5,8-10H,3,6-7H2,(H,15,16). The Morgan fingerprint density at radius 1 is 1.31 bits per heavy atom. The molecule has 2 rings (SSSR count). The number of anilines is 1. The highest BCUT2D eigenvalue weighted by molar-refractivity contribution is 14.1. The summed E-state index contributed by atoms with van der Waals surface area (Å²) in [5.41, 5.74) is 0.919. The molecule has 0 fully saturated rings. The highest BCUT2D eigenvalue weighted by Crippen LogP contribution is 2.22. The smallest absolute Gasteiger partial charge is 0.227 e. The Labute approximate surface area is 109 Å². The molecule has 1 N–H and O–H groups in total. The molecule has 1 aromatic rings. The van der Waals surface area contributed by atoms with Crippen molar-refractivity contribution in [2.24, 2.45) is 5.92 Å². The third kappa shape index (κ3) is 2.84. The van der Waals surface area contributed by atoms with E-state index in [-0.39, 0.29) is 11.8 Å². The summed E-state index contributed by atoms with van der Waals surface area (Å²) in [6.07, 6.45) is 7.10. The second kappa shape index (κ2) is 5.48. The molecule has 3 heteroatoms. The summed E-state index contributed by atoms with van der Waals surface area (Å²) in [6.45, 7) is 0. The van der Waals surface area contributed by atoms with Crippen molar-refractivity contribution in [1.29, 1.82) is 0 Å². The van der Waals surface area contributed by atoms with Crippen LogP contribution >= 0.6 is 22.6 Å². The number of carbonyl (C=O) groups is 1. The topological polar surface area (TPSA) is 29.1 Å². The fraction of sp³-hybridized carbons (Fsp3) is 0.308. The molecule has 0 saturated heterocycles. The van der Waals surface area contributed by atoms with E-state index in [0.717, 1.165) is 28.5 Å². The van der Waals surface area contributed by atoms with Gasteiger partial charge in [0.2, 0.25) is 5.91 Å². The minimum atomic E-state index is 0.140. The second-order valence-corrected chi connectivity index (χ2v) is 5.11. The lowest BCUT2D eigenvalue weighted by Gasteiger charge is -2.17. The van der Waals surface area contributed by atoms with Gasteiger partial charge < -0.3 is 5.32 Å². The van der Waals surface area contributed by atoms with Gasteiger partial charge in [-0.15, -0.1) is 0 Å². The number of para-hydroxylation sites is 1. The van der Waals surface area contributed by atoms with Gasteiger partial charge in [0.1, 0.15) is 0 Å². The van der Waals surface area contributed by atoms with Crippen LogP contribution < -0.4 is 5.32 Å². The maximum atomic E-state index is 12.0. The van der Waals surface area contributed by atoms with Gasteiger partial charge in [-0.25, -0.2) is 0 Å². The van der Waals surface area contributed by atoms with Crippen LogP contribution in [0.1, 0.15) is 19.3 Å². The van der Waals surface area contributed by atoms with Gasteiger partial charge in [-0.1, -0.05) is 24.3 Å². The first-order valence-electron chi connectivity index (χ1n) is 5.48. The molecule has 1 aliphatic rings. The third-order valence-corrected chi connectivity index (χ3v) is 3.71. The summed E-state index contributed by atoms with van der Waals surface area (Å²) in [7, 11) is 0. The highest BCUT2D eigenvalue weighted by atomic mass is 127. The van der Waals surface area contributed by atoms with Crippen LogP contribution in [0.4, 0.5) is 5.69 Å². The summed E-state index contributed by atoms with van der Waals surface area (Å²) in [5, 5.41) is 3.00. The number of rotatable bonds is 2. The quantitative estimate of drug-likeness (QED) is 0.653. The average molecular weight is 327 g/mol. The van der Waals surface area contributed by atoms with Gasteiger partial charge in [0.25, 0.3) is 0 Å². The first kappa shape index (κ1) is 11.6. The van der Waals surface area contributed by atoms with E-state index >= 15 is 0 Å². The van der Waals surface area contributed by atoms with Crippen molar-refractivity contribution in [3.8, 4) is 0 Å². The van der Waals surface area contributed by atoms with E-state index in [0.29, 0.717) is 0 Å². The fourth-order valence-corrected chi connectivity index (χ4v) is 2.35. The lowest BCUT2D eigenvalue weighted by atomic mass is 9.93. The Morgan fingerprint density at radius 2 is 2.12 bits per heavy atom. The summed E-state index contributed by atoms with van der Waals surface area (Å²) in [4.78, 5) is 12.0. The van der Waals surface area contributed by atoms with Gasteiger partial charge in [-0.2, -0.15) is 0 Å². The monoisotopic (exact) mass is 327 g/mol. The van der Waals surface area contributed by atoms with E-state index in [2.05, 4.69) is 40.1 Å². The molecule has 1 amide bonds. The van der Waals surface area contributed by atoms with Gasteiger partial charge in [-0.05, 0) is 54.0 Å². The lowest BCUT2D eigenvalue weighted by molar-refractivity contribution is -0.120. The maximum Gasteiger partial charge on any atom is 0.227 e. The van der Waals surface area contributed by atoms with Crippen molar-refractivity contribution in [3.05, 3.63) is 40.0 Å². The van der Waals surface area contributed by atoms with Crippen molar-refractivity contribution in [2.75, 3.05) is 5.32 Å². The highest BCUT2D eigenvalue weighted by Gasteiger charge is 2.18. The van der Waals surface area contributed by atoms with E-state index in [1.54, 1.807) is 0 Å². The Hall–Kier alpha value is -0.840. The van der Waals surface area contributed by atoms with Crippen molar-refractivity contribution in [1.82, 2.24) is 0 Å². The van der Waals surface area contributed by atoms with Crippen LogP contribution in [0.5, 0.6) is 0 Å². The Bertz CT molecular complexity index is 414. The normalized spacial score (nSPS) is 19.4. The van der Waals surface area contributed by atoms with Crippen LogP contribution in [0.3, 0.4) is 0 Å². The number of hydrogen-bond donors (Lipinski definition) is 1. The van der Waals surface area contributed by atoms with Crippen molar-refractivity contribution >= 4 is 34.2 Å². The average Bonchev–Trinajstić information content (AvgIpc) is 2.33. The molecule has 1 aromatic carbocycles. The minimum absolute atomic E-state index is 0.140. The van der Waals surface area contributed by atoms with Crippen LogP contribution in [0, 0.1) is 9.49 Å². The van der Waals surface area contributed by atoms with Gasteiger partial charge in [-0.3, -0.25) is 4.79 Å². The molecule has 1 aliphatic carbocycles. The number of amides is 1. The van der Waals surface area contributed by atoms with E-state index in [4.69, 9.17) is 0 Å². The molecular weight excluding hydrogens is 313 g/mol. The first-order valence-corrected chi connectivity index (χ1v) is 6.55.